The summed E-state index contributed by atoms with van der Waals surface area (Å²) in [4.78, 5) is 2.64. The first-order valence-electron chi connectivity index (χ1n) is 8.79. The van der Waals surface area contributed by atoms with E-state index in [1.165, 1.54) is 74.5 Å². The topological polar surface area (TPSA) is 3.24 Å². The Morgan fingerprint density at radius 2 is 1.68 bits per heavy atom. The predicted molar refractivity (Wildman–Crippen MR) is 97.1 cm³/mol. The van der Waals surface area contributed by atoms with Crippen molar-refractivity contribution in [3.8, 4) is 0 Å². The smallest absolute Gasteiger partial charge is 0.00186 e. The van der Waals surface area contributed by atoms with E-state index in [1.54, 1.807) is 0 Å². The molecule has 0 radical (unpaired) electrons. The molecule has 1 aliphatic rings. The summed E-state index contributed by atoms with van der Waals surface area (Å²) >= 11 is 0. The van der Waals surface area contributed by atoms with Crippen molar-refractivity contribution < 1.29 is 0 Å². The molecule has 0 N–H and O–H groups in total. The molecule has 2 aromatic carbocycles. The molecule has 0 atom stereocenters. The zero-order chi connectivity index (χ0) is 15.0. The highest BCUT2D eigenvalue weighted by Gasteiger charge is 2.08. The molecule has 1 fully saturated rings. The van der Waals surface area contributed by atoms with Crippen LogP contribution >= 0.6 is 0 Å². The van der Waals surface area contributed by atoms with E-state index in [9.17, 15) is 0 Å². The normalized spacial score (nSPS) is 16.5. The third-order valence-electron chi connectivity index (χ3n) is 4.63. The number of piperidine rings is 1. The Morgan fingerprint density at radius 3 is 2.55 bits per heavy atom. The van der Waals surface area contributed by atoms with Gasteiger partial charge in [-0.2, -0.15) is 0 Å². The monoisotopic (exact) mass is 293 g/mol. The Morgan fingerprint density at radius 1 is 0.864 bits per heavy atom. The van der Waals surface area contributed by atoms with E-state index in [0.29, 0.717) is 0 Å². The molecular formula is C21H27N. The van der Waals surface area contributed by atoms with Gasteiger partial charge in [-0.3, -0.25) is 0 Å². The van der Waals surface area contributed by atoms with Gasteiger partial charge in [0, 0.05) is 0 Å². The quantitative estimate of drug-likeness (QED) is 0.635. The summed E-state index contributed by atoms with van der Waals surface area (Å²) in [5.41, 5.74) is 1.31. The summed E-state index contributed by atoms with van der Waals surface area (Å²) in [6, 6.07) is 15.3. The predicted octanol–water partition coefficient (Wildman–Crippen LogP) is 5.51. The number of benzene rings is 2. The molecule has 1 saturated heterocycles. The van der Waals surface area contributed by atoms with E-state index < -0.39 is 0 Å². The largest absolute Gasteiger partial charge is 0.303 e. The molecule has 0 aromatic heterocycles. The lowest BCUT2D eigenvalue weighted by molar-refractivity contribution is 0.225. The fourth-order valence-corrected chi connectivity index (χ4v) is 3.31. The van der Waals surface area contributed by atoms with Gasteiger partial charge in [0.25, 0.3) is 0 Å². The van der Waals surface area contributed by atoms with E-state index in [1.807, 2.05) is 0 Å². The number of nitrogens with zero attached hydrogens (tertiary/aromatic N) is 1. The molecule has 1 heteroatoms. The van der Waals surface area contributed by atoms with Crippen LogP contribution in [0, 0.1) is 0 Å². The minimum atomic E-state index is 1.20. The van der Waals surface area contributed by atoms with Gasteiger partial charge in [0.2, 0.25) is 0 Å². The first-order chi connectivity index (χ1) is 10.9. The molecule has 0 aliphatic carbocycles. The second kappa shape index (κ2) is 8.14. The van der Waals surface area contributed by atoms with Crippen molar-refractivity contribution >= 4 is 16.8 Å². The minimum Gasteiger partial charge on any atom is -0.303 e. The number of likely N-dealkylation sites (tertiary alicyclic amines) is 1. The maximum atomic E-state index is 2.64. The van der Waals surface area contributed by atoms with Crippen LogP contribution in [0.15, 0.2) is 48.5 Å². The van der Waals surface area contributed by atoms with E-state index in [-0.39, 0.29) is 0 Å². The number of hydrogen-bond acceptors (Lipinski definition) is 1. The molecule has 3 rings (SSSR count). The summed E-state index contributed by atoms with van der Waals surface area (Å²) in [6.07, 6.45) is 12.7. The number of fused-ring (bicyclic) bond motifs is 1. The number of hydrogen-bond donors (Lipinski definition) is 0. The molecule has 1 aliphatic heterocycles. The van der Waals surface area contributed by atoms with Gasteiger partial charge >= 0.3 is 0 Å². The molecule has 1 nitrogen and oxygen atoms in total. The van der Waals surface area contributed by atoms with Gasteiger partial charge in [0.1, 0.15) is 0 Å². The van der Waals surface area contributed by atoms with Gasteiger partial charge in [-0.15, -0.1) is 0 Å². The van der Waals surface area contributed by atoms with Crippen LogP contribution < -0.4 is 0 Å². The van der Waals surface area contributed by atoms with Gasteiger partial charge < -0.3 is 4.90 Å². The third kappa shape index (κ3) is 4.45. The van der Waals surface area contributed by atoms with E-state index in [0.717, 1.165) is 0 Å². The van der Waals surface area contributed by atoms with E-state index in [4.69, 9.17) is 0 Å². The number of unbranched alkanes of at least 4 members (excludes halogenated alkanes) is 2. The molecule has 1 heterocycles. The van der Waals surface area contributed by atoms with E-state index in [2.05, 4.69) is 59.5 Å². The first-order valence-corrected chi connectivity index (χ1v) is 8.79. The molecule has 0 bridgehead atoms. The lowest BCUT2D eigenvalue weighted by atomic mass is 10.1. The lowest BCUT2D eigenvalue weighted by Gasteiger charge is -2.26. The van der Waals surface area contributed by atoms with E-state index >= 15 is 0 Å². The zero-order valence-corrected chi connectivity index (χ0v) is 13.5. The molecule has 2 aromatic rings. The molecule has 116 valence electrons. The zero-order valence-electron chi connectivity index (χ0n) is 13.5. The summed E-state index contributed by atoms with van der Waals surface area (Å²) < 4.78 is 0. The average molecular weight is 293 g/mol. The molecular weight excluding hydrogens is 266 g/mol. The molecule has 0 saturated carbocycles. The van der Waals surface area contributed by atoms with Crippen molar-refractivity contribution in [1.29, 1.82) is 0 Å². The molecule has 0 spiro atoms. The Hall–Kier alpha value is -1.60. The van der Waals surface area contributed by atoms with Crippen LogP contribution in [0.3, 0.4) is 0 Å². The van der Waals surface area contributed by atoms with Gasteiger partial charge in [-0.1, -0.05) is 55.0 Å². The van der Waals surface area contributed by atoms with Crippen molar-refractivity contribution in [1.82, 2.24) is 4.90 Å². The Labute approximate surface area is 134 Å². The van der Waals surface area contributed by atoms with Crippen LogP contribution in [0.4, 0.5) is 0 Å². The summed E-state index contributed by atoms with van der Waals surface area (Å²) in [5, 5.41) is 2.65. The second-order valence-electron chi connectivity index (χ2n) is 6.41. The molecule has 22 heavy (non-hydrogen) atoms. The van der Waals surface area contributed by atoms with Gasteiger partial charge in [-0.05, 0) is 74.1 Å². The van der Waals surface area contributed by atoms with Crippen molar-refractivity contribution in [3.63, 3.8) is 0 Å². The maximum Gasteiger partial charge on any atom is -0.00186 e. The fourth-order valence-electron chi connectivity index (χ4n) is 3.31. The highest BCUT2D eigenvalue weighted by molar-refractivity contribution is 5.84. The minimum absolute atomic E-state index is 1.20. The van der Waals surface area contributed by atoms with Crippen LogP contribution in [-0.2, 0) is 0 Å². The van der Waals surface area contributed by atoms with Gasteiger partial charge in [0.05, 0.1) is 0 Å². The Kier molecular flexibility index (Phi) is 5.66. The fraction of sp³-hybridized carbons (Fsp3) is 0.429. The van der Waals surface area contributed by atoms with Crippen molar-refractivity contribution in [2.75, 3.05) is 19.6 Å². The highest BCUT2D eigenvalue weighted by Crippen LogP contribution is 2.17. The van der Waals surface area contributed by atoms with Crippen LogP contribution in [0.5, 0.6) is 0 Å². The van der Waals surface area contributed by atoms with Crippen LogP contribution in [0.25, 0.3) is 16.8 Å². The summed E-state index contributed by atoms with van der Waals surface area (Å²) in [6.45, 7) is 3.95. The Balaban J connectivity index is 1.41. The van der Waals surface area contributed by atoms with Gasteiger partial charge in [0.15, 0.2) is 0 Å². The summed E-state index contributed by atoms with van der Waals surface area (Å²) in [5.74, 6) is 0. The van der Waals surface area contributed by atoms with Crippen molar-refractivity contribution in [3.05, 3.63) is 54.1 Å². The van der Waals surface area contributed by atoms with Crippen LogP contribution in [0.1, 0.15) is 44.1 Å². The second-order valence-corrected chi connectivity index (χ2v) is 6.41. The van der Waals surface area contributed by atoms with Crippen molar-refractivity contribution in [2.45, 2.75) is 38.5 Å². The molecule has 0 amide bonds. The SMILES string of the molecule is C(=Cc1ccc2ccccc2c1)CCCCN1CCCCC1. The number of allylic oxidation sites excluding steroid dienone is 1. The lowest BCUT2D eigenvalue weighted by Crippen LogP contribution is -2.30. The standard InChI is InChI=1S/C21H27N/c1(2-7-15-22-16-8-3-9-17-22)4-10-19-13-14-20-11-5-6-12-21(20)18-19/h4-6,10-14,18H,1-3,7-9,15-17H2. The molecule has 0 unspecified atom stereocenters. The maximum absolute atomic E-state index is 2.64. The first kappa shape index (κ1) is 15.3. The van der Waals surface area contributed by atoms with Crippen molar-refractivity contribution in [2.24, 2.45) is 0 Å². The third-order valence-corrected chi connectivity index (χ3v) is 4.63. The van der Waals surface area contributed by atoms with Crippen LogP contribution in [-0.4, -0.2) is 24.5 Å². The highest BCUT2D eigenvalue weighted by atomic mass is 15.1. The average Bonchev–Trinajstić information content (AvgIpc) is 2.59. The number of rotatable bonds is 6. The van der Waals surface area contributed by atoms with Crippen LogP contribution in [0.2, 0.25) is 0 Å². The summed E-state index contributed by atoms with van der Waals surface area (Å²) in [7, 11) is 0. The Bertz CT molecular complexity index is 608. The van der Waals surface area contributed by atoms with Gasteiger partial charge in [-0.25, -0.2) is 0 Å².